The molecule has 0 aliphatic rings. The quantitative estimate of drug-likeness (QED) is 0.745. The number of carbonyl (C=O) groups is 1. The van der Waals surface area contributed by atoms with E-state index < -0.39 is 23.5 Å². The second kappa shape index (κ2) is 6.99. The van der Waals surface area contributed by atoms with Gasteiger partial charge < -0.3 is 10.6 Å². The van der Waals surface area contributed by atoms with E-state index in [0.29, 0.717) is 0 Å². The van der Waals surface area contributed by atoms with E-state index in [-0.39, 0.29) is 22.4 Å². The van der Waals surface area contributed by atoms with Gasteiger partial charge in [0.25, 0.3) is 0 Å². The van der Waals surface area contributed by atoms with Crippen LogP contribution in [0.15, 0.2) is 46.9 Å². The Morgan fingerprint density at radius 3 is 2.48 bits per heavy atom. The molecule has 2 N–H and O–H groups in total. The summed E-state index contributed by atoms with van der Waals surface area (Å²) in [5, 5.41) is 4.90. The van der Waals surface area contributed by atoms with Gasteiger partial charge in [0.2, 0.25) is 5.91 Å². The standard InChI is InChI=1S/C15H11BrF4N2O/c16-11-6-5-9(7-10(11)15(18,19)20)21-8-14(23)22-13-4-2-1-3-12(13)17/h1-7,21H,8H2,(H,22,23). The molecule has 0 saturated heterocycles. The second-order valence-corrected chi connectivity index (χ2v) is 5.43. The Kier molecular flexibility index (Phi) is 5.25. The summed E-state index contributed by atoms with van der Waals surface area (Å²) in [5.74, 6) is -1.17. The van der Waals surface area contributed by atoms with Gasteiger partial charge in [-0.25, -0.2) is 4.39 Å². The third kappa shape index (κ3) is 4.69. The number of anilines is 2. The maximum Gasteiger partial charge on any atom is 0.417 e. The van der Waals surface area contributed by atoms with Crippen LogP contribution in [0, 0.1) is 5.82 Å². The van der Waals surface area contributed by atoms with Crippen molar-refractivity contribution >= 4 is 33.2 Å². The monoisotopic (exact) mass is 390 g/mol. The number of benzene rings is 2. The summed E-state index contributed by atoms with van der Waals surface area (Å²) >= 11 is 2.83. The van der Waals surface area contributed by atoms with Gasteiger partial charge in [0.05, 0.1) is 17.8 Å². The van der Waals surface area contributed by atoms with Crippen LogP contribution < -0.4 is 10.6 Å². The van der Waals surface area contributed by atoms with Crippen molar-refractivity contribution in [2.75, 3.05) is 17.2 Å². The smallest absolute Gasteiger partial charge is 0.376 e. The van der Waals surface area contributed by atoms with Gasteiger partial charge in [-0.2, -0.15) is 13.2 Å². The van der Waals surface area contributed by atoms with Crippen molar-refractivity contribution in [3.63, 3.8) is 0 Å². The molecular formula is C15H11BrF4N2O. The Labute approximate surface area is 137 Å². The zero-order valence-electron chi connectivity index (χ0n) is 11.5. The first-order valence-electron chi connectivity index (χ1n) is 6.42. The lowest BCUT2D eigenvalue weighted by atomic mass is 10.2. The lowest BCUT2D eigenvalue weighted by molar-refractivity contribution is -0.138. The Morgan fingerprint density at radius 2 is 1.83 bits per heavy atom. The molecule has 23 heavy (non-hydrogen) atoms. The van der Waals surface area contributed by atoms with E-state index in [1.54, 1.807) is 6.07 Å². The van der Waals surface area contributed by atoms with Crippen molar-refractivity contribution in [3.05, 3.63) is 58.3 Å². The summed E-state index contributed by atoms with van der Waals surface area (Å²) in [6, 6.07) is 9.12. The van der Waals surface area contributed by atoms with Gasteiger partial charge >= 0.3 is 6.18 Å². The van der Waals surface area contributed by atoms with Crippen molar-refractivity contribution in [1.82, 2.24) is 0 Å². The fraction of sp³-hybridized carbons (Fsp3) is 0.133. The summed E-state index contributed by atoms with van der Waals surface area (Å²) in [4.78, 5) is 11.7. The first-order valence-corrected chi connectivity index (χ1v) is 7.21. The highest BCUT2D eigenvalue weighted by Gasteiger charge is 2.33. The molecule has 0 aliphatic heterocycles. The number of amides is 1. The van der Waals surface area contributed by atoms with E-state index >= 15 is 0 Å². The van der Waals surface area contributed by atoms with Gasteiger partial charge in [-0.15, -0.1) is 0 Å². The second-order valence-electron chi connectivity index (χ2n) is 4.57. The number of rotatable bonds is 4. The molecule has 2 rings (SSSR count). The normalized spacial score (nSPS) is 11.2. The van der Waals surface area contributed by atoms with Gasteiger partial charge in [0.1, 0.15) is 5.82 Å². The van der Waals surface area contributed by atoms with Crippen molar-refractivity contribution in [2.24, 2.45) is 0 Å². The molecule has 0 fully saturated rings. The molecule has 3 nitrogen and oxygen atoms in total. The van der Waals surface area contributed by atoms with Crippen molar-refractivity contribution in [1.29, 1.82) is 0 Å². The molecule has 8 heteroatoms. The van der Waals surface area contributed by atoms with E-state index in [9.17, 15) is 22.4 Å². The largest absolute Gasteiger partial charge is 0.417 e. The van der Waals surface area contributed by atoms with E-state index in [4.69, 9.17) is 0 Å². The molecule has 0 radical (unpaired) electrons. The maximum absolute atomic E-state index is 13.4. The number of hydrogen-bond donors (Lipinski definition) is 2. The molecule has 2 aromatic rings. The minimum absolute atomic E-state index is 0.00564. The van der Waals surface area contributed by atoms with E-state index in [0.717, 1.165) is 6.07 Å². The van der Waals surface area contributed by atoms with Gasteiger partial charge in [-0.1, -0.05) is 28.1 Å². The van der Waals surface area contributed by atoms with E-state index in [2.05, 4.69) is 26.6 Å². The van der Waals surface area contributed by atoms with E-state index in [1.807, 2.05) is 0 Å². The number of nitrogens with one attached hydrogen (secondary N) is 2. The van der Waals surface area contributed by atoms with Gasteiger partial charge in [-0.3, -0.25) is 4.79 Å². The summed E-state index contributed by atoms with van der Waals surface area (Å²) in [7, 11) is 0. The van der Waals surface area contributed by atoms with Crippen LogP contribution in [-0.2, 0) is 11.0 Å². The molecule has 122 valence electrons. The summed E-state index contributed by atoms with van der Waals surface area (Å²) < 4.78 is 51.6. The van der Waals surface area contributed by atoms with Crippen LogP contribution in [0.25, 0.3) is 0 Å². The SMILES string of the molecule is O=C(CNc1ccc(Br)c(C(F)(F)F)c1)Nc1ccccc1F. The molecule has 0 aromatic heterocycles. The molecule has 0 spiro atoms. The molecule has 0 aliphatic carbocycles. The van der Waals surface area contributed by atoms with Crippen LogP contribution in [0.1, 0.15) is 5.56 Å². The lowest BCUT2D eigenvalue weighted by Crippen LogP contribution is -2.22. The highest BCUT2D eigenvalue weighted by Crippen LogP contribution is 2.36. The molecule has 2 aromatic carbocycles. The molecule has 0 heterocycles. The Hall–Kier alpha value is -2.09. The number of halogens is 5. The van der Waals surface area contributed by atoms with Crippen LogP contribution >= 0.6 is 15.9 Å². The van der Waals surface area contributed by atoms with Crippen LogP contribution in [0.2, 0.25) is 0 Å². The maximum atomic E-state index is 13.4. The Balaban J connectivity index is 2.01. The van der Waals surface area contributed by atoms with Crippen molar-refractivity contribution in [3.8, 4) is 0 Å². The summed E-state index contributed by atoms with van der Waals surface area (Å²) in [5.41, 5.74) is -0.715. The van der Waals surface area contributed by atoms with Crippen LogP contribution in [0.4, 0.5) is 28.9 Å². The summed E-state index contributed by atoms with van der Waals surface area (Å²) in [6.45, 7) is -0.298. The minimum atomic E-state index is -4.51. The lowest BCUT2D eigenvalue weighted by Gasteiger charge is -2.12. The molecule has 0 unspecified atom stereocenters. The predicted molar refractivity (Wildman–Crippen MR) is 82.7 cm³/mol. The first kappa shape index (κ1) is 17.3. The first-order chi connectivity index (χ1) is 10.8. The van der Waals surface area contributed by atoms with Gasteiger partial charge in [0, 0.05) is 10.2 Å². The van der Waals surface area contributed by atoms with E-state index in [1.165, 1.54) is 30.3 Å². The average molecular weight is 391 g/mol. The van der Waals surface area contributed by atoms with Crippen molar-refractivity contribution < 1.29 is 22.4 Å². The highest BCUT2D eigenvalue weighted by molar-refractivity contribution is 9.10. The van der Waals surface area contributed by atoms with Crippen LogP contribution in [-0.4, -0.2) is 12.5 Å². The molecule has 1 amide bonds. The van der Waals surface area contributed by atoms with Gasteiger partial charge in [-0.05, 0) is 30.3 Å². The fourth-order valence-corrected chi connectivity index (χ4v) is 2.26. The molecule has 0 atom stereocenters. The van der Waals surface area contributed by atoms with Gasteiger partial charge in [0.15, 0.2) is 0 Å². The number of hydrogen-bond acceptors (Lipinski definition) is 2. The topological polar surface area (TPSA) is 41.1 Å². The number of para-hydroxylation sites is 1. The zero-order chi connectivity index (χ0) is 17.0. The number of carbonyl (C=O) groups excluding carboxylic acids is 1. The Morgan fingerprint density at radius 1 is 1.13 bits per heavy atom. The Bertz CT molecular complexity index is 719. The fourth-order valence-electron chi connectivity index (χ4n) is 1.79. The molecule has 0 bridgehead atoms. The van der Waals surface area contributed by atoms with Crippen molar-refractivity contribution in [2.45, 2.75) is 6.18 Å². The minimum Gasteiger partial charge on any atom is -0.376 e. The number of alkyl halides is 3. The third-order valence-electron chi connectivity index (χ3n) is 2.87. The third-order valence-corrected chi connectivity index (χ3v) is 3.56. The molecule has 0 saturated carbocycles. The van der Waals surface area contributed by atoms with Crippen LogP contribution in [0.5, 0.6) is 0 Å². The van der Waals surface area contributed by atoms with Crippen LogP contribution in [0.3, 0.4) is 0 Å². The highest BCUT2D eigenvalue weighted by atomic mass is 79.9. The molecular weight excluding hydrogens is 380 g/mol. The predicted octanol–water partition coefficient (Wildman–Crippen LogP) is 4.66. The average Bonchev–Trinajstić information content (AvgIpc) is 2.47. The zero-order valence-corrected chi connectivity index (χ0v) is 13.1. The summed E-state index contributed by atoms with van der Waals surface area (Å²) in [6.07, 6.45) is -4.51.